The van der Waals surface area contributed by atoms with Crippen molar-refractivity contribution in [1.82, 2.24) is 14.9 Å². The molecule has 26 heavy (non-hydrogen) atoms. The predicted molar refractivity (Wildman–Crippen MR) is 92.8 cm³/mol. The average molecular weight is 355 g/mol. The number of rotatable bonds is 6. The number of fused-ring (bicyclic) bond motifs is 1. The summed E-state index contributed by atoms with van der Waals surface area (Å²) in [6, 6.07) is 10.2. The van der Waals surface area contributed by atoms with Crippen LogP contribution in [0.2, 0.25) is 0 Å². The zero-order valence-corrected chi connectivity index (χ0v) is 14.1. The van der Waals surface area contributed by atoms with Gasteiger partial charge < -0.3 is 14.5 Å². The largest absolute Gasteiger partial charge is 0.469 e. The van der Waals surface area contributed by atoms with Gasteiger partial charge in [0.25, 0.3) is 11.5 Å². The highest BCUT2D eigenvalue weighted by atomic mass is 16.5. The number of carbonyl (C=O) groups excluding carboxylic acids is 2. The van der Waals surface area contributed by atoms with Crippen LogP contribution in [-0.2, 0) is 16.1 Å². The Bertz CT molecular complexity index is 1010. The van der Waals surface area contributed by atoms with Crippen LogP contribution >= 0.6 is 0 Å². The molecule has 0 aliphatic heterocycles. The van der Waals surface area contributed by atoms with Gasteiger partial charge in [0.15, 0.2) is 5.76 Å². The lowest BCUT2D eigenvalue weighted by Crippen LogP contribution is -2.26. The highest BCUT2D eigenvalue weighted by Gasteiger charge is 2.13. The molecular formula is C18H17N3O5. The van der Waals surface area contributed by atoms with E-state index in [9.17, 15) is 14.4 Å². The molecule has 8 nitrogen and oxygen atoms in total. The van der Waals surface area contributed by atoms with Crippen molar-refractivity contribution >= 4 is 22.8 Å². The summed E-state index contributed by atoms with van der Waals surface area (Å²) in [5.74, 6) is -0.299. The monoisotopic (exact) mass is 355 g/mol. The highest BCUT2D eigenvalue weighted by molar-refractivity contribution is 5.91. The number of para-hydroxylation sites is 1. The van der Waals surface area contributed by atoms with Crippen LogP contribution in [0.4, 0.5) is 0 Å². The van der Waals surface area contributed by atoms with E-state index in [1.54, 1.807) is 24.3 Å². The summed E-state index contributed by atoms with van der Waals surface area (Å²) in [6.45, 7) is 0.307. The van der Waals surface area contributed by atoms with Gasteiger partial charge in [-0.15, -0.1) is 0 Å². The third-order valence-corrected chi connectivity index (χ3v) is 3.79. The maximum absolute atomic E-state index is 12.5. The van der Waals surface area contributed by atoms with E-state index in [2.05, 4.69) is 15.0 Å². The van der Waals surface area contributed by atoms with Gasteiger partial charge in [0, 0.05) is 6.54 Å². The van der Waals surface area contributed by atoms with Crippen LogP contribution in [0.1, 0.15) is 22.7 Å². The maximum atomic E-state index is 12.5. The van der Waals surface area contributed by atoms with E-state index in [0.717, 1.165) is 0 Å². The Kier molecular flexibility index (Phi) is 5.12. The van der Waals surface area contributed by atoms with Crippen molar-refractivity contribution < 1.29 is 18.7 Å². The molecule has 1 amide bonds. The second kappa shape index (κ2) is 7.64. The fraction of sp³-hybridized carbons (Fsp3) is 0.222. The van der Waals surface area contributed by atoms with Crippen LogP contribution in [0.25, 0.3) is 10.9 Å². The van der Waals surface area contributed by atoms with Crippen molar-refractivity contribution in [3.8, 4) is 0 Å². The summed E-state index contributed by atoms with van der Waals surface area (Å²) in [6.07, 6.45) is 1.53. The smallest absolute Gasteiger partial charge is 0.307 e. The summed E-state index contributed by atoms with van der Waals surface area (Å²) in [5, 5.41) is 3.08. The number of esters is 1. The molecule has 2 heterocycles. The number of hydrogen-bond donors (Lipinski definition) is 1. The third kappa shape index (κ3) is 3.80. The van der Waals surface area contributed by atoms with Gasteiger partial charge in [-0.2, -0.15) is 0 Å². The first-order valence-electron chi connectivity index (χ1n) is 7.96. The fourth-order valence-corrected chi connectivity index (χ4v) is 2.44. The van der Waals surface area contributed by atoms with E-state index < -0.39 is 11.9 Å². The number of carbonyl (C=O) groups is 2. The molecule has 0 atom stereocenters. The number of nitrogens with zero attached hydrogens (tertiary/aromatic N) is 2. The van der Waals surface area contributed by atoms with Crippen molar-refractivity contribution in [2.24, 2.45) is 0 Å². The SMILES string of the molecule is COC(=O)CCNC(=O)c1ccc(Cn2cnc3ccccc3c2=O)o1. The van der Waals surface area contributed by atoms with Crippen LogP contribution in [0.5, 0.6) is 0 Å². The number of amides is 1. The van der Waals surface area contributed by atoms with Gasteiger partial charge in [-0.05, 0) is 24.3 Å². The molecule has 0 aliphatic rings. The first kappa shape index (κ1) is 17.4. The Balaban J connectivity index is 1.69. The van der Waals surface area contributed by atoms with Crippen LogP contribution in [0.15, 0.2) is 51.9 Å². The lowest BCUT2D eigenvalue weighted by Gasteiger charge is -2.05. The molecule has 3 rings (SSSR count). The van der Waals surface area contributed by atoms with E-state index in [1.807, 2.05) is 6.07 Å². The lowest BCUT2D eigenvalue weighted by atomic mass is 10.2. The number of benzene rings is 1. The molecule has 3 aromatic rings. The zero-order chi connectivity index (χ0) is 18.5. The first-order valence-corrected chi connectivity index (χ1v) is 7.96. The molecule has 1 aromatic carbocycles. The number of ether oxygens (including phenoxy) is 1. The van der Waals surface area contributed by atoms with Crippen molar-refractivity contribution in [3.05, 3.63) is 64.6 Å². The molecule has 0 radical (unpaired) electrons. The van der Waals surface area contributed by atoms with Gasteiger partial charge in [0.1, 0.15) is 5.76 Å². The van der Waals surface area contributed by atoms with E-state index in [4.69, 9.17) is 4.42 Å². The highest BCUT2D eigenvalue weighted by Crippen LogP contribution is 2.10. The zero-order valence-electron chi connectivity index (χ0n) is 14.1. The number of methoxy groups -OCH3 is 1. The molecule has 0 saturated heterocycles. The summed E-state index contributed by atoms with van der Waals surface area (Å²) in [5.41, 5.74) is 0.440. The van der Waals surface area contributed by atoms with Crippen LogP contribution < -0.4 is 10.9 Å². The number of nitrogens with one attached hydrogen (secondary N) is 1. The standard InChI is InChI=1S/C18H17N3O5/c1-25-16(22)8-9-19-17(23)15-7-6-12(26-15)10-21-11-20-14-5-3-2-4-13(14)18(21)24/h2-7,11H,8-10H2,1H3,(H,19,23). The normalized spacial score (nSPS) is 10.7. The maximum Gasteiger partial charge on any atom is 0.307 e. The Labute approximate surface area is 148 Å². The van der Waals surface area contributed by atoms with Gasteiger partial charge in [0.05, 0.1) is 37.3 Å². The Morgan fingerprint density at radius 3 is 2.85 bits per heavy atom. The summed E-state index contributed by atoms with van der Waals surface area (Å²) < 4.78 is 11.4. The van der Waals surface area contributed by atoms with Crippen molar-refractivity contribution in [3.63, 3.8) is 0 Å². The summed E-state index contributed by atoms with van der Waals surface area (Å²) in [4.78, 5) is 39.7. The quantitative estimate of drug-likeness (QED) is 0.669. The van der Waals surface area contributed by atoms with E-state index >= 15 is 0 Å². The molecule has 0 saturated carbocycles. The molecular weight excluding hydrogens is 338 g/mol. The minimum Gasteiger partial charge on any atom is -0.469 e. The van der Waals surface area contributed by atoms with Gasteiger partial charge in [-0.25, -0.2) is 4.98 Å². The van der Waals surface area contributed by atoms with Gasteiger partial charge in [0.2, 0.25) is 0 Å². The molecule has 0 unspecified atom stereocenters. The number of hydrogen-bond acceptors (Lipinski definition) is 6. The van der Waals surface area contributed by atoms with E-state index in [0.29, 0.717) is 16.7 Å². The topological polar surface area (TPSA) is 103 Å². The number of aromatic nitrogens is 2. The predicted octanol–water partition coefficient (Wildman–Crippen LogP) is 1.33. The Morgan fingerprint density at radius 2 is 2.04 bits per heavy atom. The van der Waals surface area contributed by atoms with Gasteiger partial charge in [-0.3, -0.25) is 19.0 Å². The molecule has 2 aromatic heterocycles. The van der Waals surface area contributed by atoms with Crippen LogP contribution in [0.3, 0.4) is 0 Å². The molecule has 134 valence electrons. The van der Waals surface area contributed by atoms with Gasteiger partial charge >= 0.3 is 5.97 Å². The number of furan rings is 1. The second-order valence-corrected chi connectivity index (χ2v) is 5.54. The van der Waals surface area contributed by atoms with Crippen molar-refractivity contribution in [2.45, 2.75) is 13.0 Å². The molecule has 1 N–H and O–H groups in total. The average Bonchev–Trinajstić information content (AvgIpc) is 3.12. The minimum atomic E-state index is -0.441. The summed E-state index contributed by atoms with van der Waals surface area (Å²) in [7, 11) is 1.28. The van der Waals surface area contributed by atoms with E-state index in [-0.39, 0.29) is 30.8 Å². The molecule has 0 fully saturated rings. The Morgan fingerprint density at radius 1 is 1.23 bits per heavy atom. The van der Waals surface area contributed by atoms with Crippen LogP contribution in [-0.4, -0.2) is 35.1 Å². The third-order valence-electron chi connectivity index (χ3n) is 3.79. The Hall–Kier alpha value is -3.42. The van der Waals surface area contributed by atoms with Gasteiger partial charge in [-0.1, -0.05) is 12.1 Å². The molecule has 0 aliphatic carbocycles. The fourth-order valence-electron chi connectivity index (χ4n) is 2.44. The molecule has 0 bridgehead atoms. The lowest BCUT2D eigenvalue weighted by molar-refractivity contribution is -0.140. The van der Waals surface area contributed by atoms with Crippen LogP contribution in [0, 0.1) is 0 Å². The second-order valence-electron chi connectivity index (χ2n) is 5.54. The first-order chi connectivity index (χ1) is 12.6. The molecule has 8 heteroatoms. The molecule has 0 spiro atoms. The van der Waals surface area contributed by atoms with Crippen molar-refractivity contribution in [1.29, 1.82) is 0 Å². The summed E-state index contributed by atoms with van der Waals surface area (Å²) >= 11 is 0. The van der Waals surface area contributed by atoms with Crippen molar-refractivity contribution in [2.75, 3.05) is 13.7 Å². The minimum absolute atomic E-state index is 0.0773. The van der Waals surface area contributed by atoms with E-state index in [1.165, 1.54) is 24.1 Å².